The lowest BCUT2D eigenvalue weighted by molar-refractivity contribution is 0.959. The third kappa shape index (κ3) is 6.47. The smallest absolute Gasteiger partial charge is 0.184 e. The maximum Gasteiger partial charge on any atom is 0.184 e. The van der Waals surface area contributed by atoms with Crippen molar-refractivity contribution in [2.24, 2.45) is 7.05 Å². The number of hydrogen-bond donors (Lipinski definition) is 0. The Balaban J connectivity index is 1.15. The molecule has 1 aliphatic rings. The van der Waals surface area contributed by atoms with Crippen molar-refractivity contribution in [3.63, 3.8) is 0 Å². The Hall–Kier alpha value is -9.15. The summed E-state index contributed by atoms with van der Waals surface area (Å²) in [4.78, 5) is 13.1. The van der Waals surface area contributed by atoms with Crippen LogP contribution in [0.1, 0.15) is 0 Å². The van der Waals surface area contributed by atoms with Crippen molar-refractivity contribution in [3.05, 3.63) is 279 Å². The highest BCUT2D eigenvalue weighted by Crippen LogP contribution is 2.45. The van der Waals surface area contributed by atoms with Crippen molar-refractivity contribution in [1.82, 2.24) is 19.1 Å². The number of benzene rings is 10. The first-order valence-electron chi connectivity index (χ1n) is 25.4. The molecule has 5 nitrogen and oxygen atoms in total. The fourth-order valence-electron chi connectivity index (χ4n) is 12.5. The Kier molecular flexibility index (Phi) is 10.4. The summed E-state index contributed by atoms with van der Waals surface area (Å²) in [5.41, 5.74) is 8.94. The van der Waals surface area contributed by atoms with Gasteiger partial charge in [-0.2, -0.15) is 0 Å². The predicted molar refractivity (Wildman–Crippen MR) is 314 cm³/mol. The van der Waals surface area contributed by atoms with Crippen LogP contribution >= 0.6 is 0 Å². The monoisotopic (exact) mass is 979 g/mol. The quantitative estimate of drug-likeness (QED) is 0.107. The molecule has 10 aromatic carbocycles. The molecule has 13 aromatic rings. The van der Waals surface area contributed by atoms with Crippen LogP contribution in [-0.2, 0) is 7.05 Å². The molecule has 0 aliphatic carbocycles. The maximum absolute atomic E-state index is 5.32. The number of pyridine rings is 1. The topological polar surface area (TPSA) is 38.9 Å². The van der Waals surface area contributed by atoms with Crippen LogP contribution in [0.2, 0.25) is 0 Å². The summed E-state index contributed by atoms with van der Waals surface area (Å²) < 4.78 is 4.68. The Morgan fingerprint density at radius 2 is 1.00 bits per heavy atom. The van der Waals surface area contributed by atoms with E-state index in [1.807, 2.05) is 12.3 Å². The molecule has 7 heteroatoms. The normalized spacial score (nSPS) is 13.0. The molecule has 0 unspecified atom stereocenters. The van der Waals surface area contributed by atoms with Gasteiger partial charge in [-0.3, -0.25) is 4.90 Å². The molecule has 0 saturated heterocycles. The number of fused-ring (bicyclic) bond motifs is 7. The molecule has 14 rings (SSSR count). The van der Waals surface area contributed by atoms with Crippen LogP contribution in [0.25, 0.3) is 49.9 Å². The van der Waals surface area contributed by atoms with E-state index in [-0.39, 0.29) is 0 Å². The van der Waals surface area contributed by atoms with E-state index in [9.17, 15) is 0 Å². The fraction of sp³-hybridized carbons (Fsp3) is 0.0149. The molecule has 0 N–H and O–H groups in total. The second kappa shape index (κ2) is 17.6. The summed E-state index contributed by atoms with van der Waals surface area (Å²) in [5.74, 6) is 1.82. The molecule has 350 valence electrons. The van der Waals surface area contributed by atoms with E-state index < -0.39 is 16.1 Å². The second-order valence-corrected chi connectivity index (χ2v) is 26.9. The van der Waals surface area contributed by atoms with E-state index in [1.54, 1.807) is 0 Å². The van der Waals surface area contributed by atoms with Gasteiger partial charge in [-0.15, -0.1) is 0 Å². The van der Waals surface area contributed by atoms with Gasteiger partial charge in [0, 0.05) is 41.0 Å². The van der Waals surface area contributed by atoms with Crippen molar-refractivity contribution >= 4 is 108 Å². The zero-order chi connectivity index (χ0) is 49.2. The standard InChI is InChI=1S/C67H49N5Si2/c1-70-59-39-20-18-37-57(59)69-67(70)48-24-23-35-54(46-48)73(50-27-9-3-10-28-50,51-29-11-4-12-30-51)55-41-43-62-61(47-55)72(64-40-21-22-45-68-64)66-63(74(62,52-31-13-5-14-32-52)53-33-15-6-16-34-53)44-42-60-65(66)56-36-17-19-38-58(56)71(60)49-25-7-2-8-26-49/h2-47H,1H3. The summed E-state index contributed by atoms with van der Waals surface area (Å²) >= 11 is 0. The molecule has 0 atom stereocenters. The van der Waals surface area contributed by atoms with E-state index >= 15 is 0 Å². The van der Waals surface area contributed by atoms with Gasteiger partial charge >= 0.3 is 0 Å². The highest BCUT2D eigenvalue weighted by molar-refractivity contribution is 7.22. The first-order valence-corrected chi connectivity index (χ1v) is 29.4. The van der Waals surface area contributed by atoms with Gasteiger partial charge < -0.3 is 9.13 Å². The molecule has 4 heterocycles. The molecule has 0 bridgehead atoms. The summed E-state index contributed by atoms with van der Waals surface area (Å²) in [7, 11) is -4.28. The third-order valence-corrected chi connectivity index (χ3v) is 25.2. The number of aromatic nitrogens is 4. The second-order valence-electron chi connectivity index (χ2n) is 19.3. The van der Waals surface area contributed by atoms with Gasteiger partial charge in [0.1, 0.15) is 11.6 Å². The van der Waals surface area contributed by atoms with Crippen molar-refractivity contribution in [2.45, 2.75) is 0 Å². The lowest BCUT2D eigenvalue weighted by Gasteiger charge is -2.46. The van der Waals surface area contributed by atoms with Gasteiger partial charge in [0.05, 0.1) is 27.8 Å². The Morgan fingerprint density at radius 1 is 0.432 bits per heavy atom. The molecule has 1 aliphatic heterocycles. The van der Waals surface area contributed by atoms with E-state index in [4.69, 9.17) is 9.97 Å². The van der Waals surface area contributed by atoms with Crippen molar-refractivity contribution in [1.29, 1.82) is 0 Å². The maximum atomic E-state index is 5.32. The highest BCUT2D eigenvalue weighted by Gasteiger charge is 2.51. The van der Waals surface area contributed by atoms with Crippen LogP contribution in [0.15, 0.2) is 279 Å². The average molecular weight is 980 g/mol. The molecular formula is C67H49N5Si2. The minimum atomic E-state index is -3.22. The van der Waals surface area contributed by atoms with E-state index in [1.165, 1.54) is 58.0 Å². The van der Waals surface area contributed by atoms with E-state index in [0.717, 1.165) is 50.6 Å². The summed E-state index contributed by atoms with van der Waals surface area (Å²) in [6.45, 7) is 0. The Labute approximate surface area is 432 Å². The molecular weight excluding hydrogens is 931 g/mol. The number of nitrogens with zero attached hydrogens (tertiary/aromatic N) is 5. The number of aryl methyl sites for hydroxylation is 1. The zero-order valence-electron chi connectivity index (χ0n) is 40.8. The van der Waals surface area contributed by atoms with E-state index in [0.29, 0.717) is 0 Å². The predicted octanol–water partition coefficient (Wildman–Crippen LogP) is 10.3. The van der Waals surface area contributed by atoms with Crippen molar-refractivity contribution in [2.75, 3.05) is 4.90 Å². The molecule has 3 aromatic heterocycles. The number of para-hydroxylation sites is 4. The first-order chi connectivity index (χ1) is 36.7. The molecule has 0 saturated carbocycles. The van der Waals surface area contributed by atoms with Crippen molar-refractivity contribution < 1.29 is 0 Å². The summed E-state index contributed by atoms with van der Waals surface area (Å²) in [5, 5.41) is 12.9. The summed E-state index contributed by atoms with van der Waals surface area (Å²) in [6.07, 6.45) is 1.94. The Morgan fingerprint density at radius 3 is 1.66 bits per heavy atom. The minimum absolute atomic E-state index is 0.871. The first kappa shape index (κ1) is 43.6. The average Bonchev–Trinajstić information content (AvgIpc) is 4.01. The highest BCUT2D eigenvalue weighted by atomic mass is 28.3. The Bertz CT molecular complexity index is 4120. The molecule has 74 heavy (non-hydrogen) atoms. The molecule has 0 radical (unpaired) electrons. The largest absolute Gasteiger partial charge is 0.327 e. The van der Waals surface area contributed by atoms with Gasteiger partial charge in [0.25, 0.3) is 0 Å². The van der Waals surface area contributed by atoms with Gasteiger partial charge in [-0.25, -0.2) is 9.97 Å². The number of hydrogen-bond acceptors (Lipinski definition) is 3. The van der Waals surface area contributed by atoms with Crippen LogP contribution in [0, 0.1) is 0 Å². The minimum Gasteiger partial charge on any atom is -0.327 e. The summed E-state index contributed by atoms with van der Waals surface area (Å²) in [6, 6.07) is 102. The number of rotatable bonds is 9. The van der Waals surface area contributed by atoms with Crippen LogP contribution in [-0.4, -0.2) is 35.2 Å². The third-order valence-electron chi connectivity index (χ3n) is 15.6. The SMILES string of the molecule is Cn1c(-c2cccc([Si](c3ccccc3)(c3ccccc3)c3ccc4c(c3)N(c3ccccn3)c3c(ccc5c3c3ccccc3n5-c3ccccc3)[Si]4(c3ccccc3)c3ccccc3)c2)nc2ccccc21. The molecule has 0 fully saturated rings. The van der Waals surface area contributed by atoms with Gasteiger partial charge in [0.15, 0.2) is 16.1 Å². The molecule has 0 spiro atoms. The number of imidazole rings is 1. The lowest BCUT2D eigenvalue weighted by Crippen LogP contribution is -2.78. The zero-order valence-corrected chi connectivity index (χ0v) is 42.8. The van der Waals surface area contributed by atoms with Gasteiger partial charge in [0.2, 0.25) is 0 Å². The number of anilines is 3. The van der Waals surface area contributed by atoms with Crippen LogP contribution in [0.3, 0.4) is 0 Å². The fourth-order valence-corrected chi connectivity index (χ4v) is 22.4. The van der Waals surface area contributed by atoms with Crippen LogP contribution < -0.4 is 46.4 Å². The van der Waals surface area contributed by atoms with Crippen LogP contribution in [0.5, 0.6) is 0 Å². The lowest BCUT2D eigenvalue weighted by atomic mass is 10.1. The van der Waals surface area contributed by atoms with Gasteiger partial charge in [-0.1, -0.05) is 218 Å². The molecule has 0 amide bonds. The van der Waals surface area contributed by atoms with Gasteiger partial charge in [-0.05, 0) is 96.1 Å². The van der Waals surface area contributed by atoms with Crippen LogP contribution in [0.4, 0.5) is 17.2 Å². The van der Waals surface area contributed by atoms with E-state index in [2.05, 4.69) is 288 Å². The van der Waals surface area contributed by atoms with Crippen molar-refractivity contribution in [3.8, 4) is 17.1 Å².